The first kappa shape index (κ1) is 18.9. The lowest BCUT2D eigenvalue weighted by molar-refractivity contribution is -0.146. The lowest BCUT2D eigenvalue weighted by Gasteiger charge is -2.18. The Morgan fingerprint density at radius 3 is 2.48 bits per heavy atom. The summed E-state index contributed by atoms with van der Waals surface area (Å²) in [5.41, 5.74) is 1.00. The van der Waals surface area contributed by atoms with Gasteiger partial charge in [-0.1, -0.05) is 56.3 Å². The molecule has 0 saturated heterocycles. The molecule has 0 radical (unpaired) electrons. The first-order chi connectivity index (χ1) is 10.9. The smallest absolute Gasteiger partial charge is 0.328 e. The van der Waals surface area contributed by atoms with E-state index in [1.54, 1.807) is 6.08 Å². The fraction of sp³-hybridized carbons (Fsp3) is 0.444. The van der Waals surface area contributed by atoms with Crippen LogP contribution in [0.25, 0.3) is 6.08 Å². The molecule has 0 heterocycles. The Bertz CT molecular complexity index is 525. The third-order valence-corrected chi connectivity index (χ3v) is 3.28. The molecule has 5 nitrogen and oxygen atoms in total. The van der Waals surface area contributed by atoms with E-state index in [2.05, 4.69) is 5.32 Å². The van der Waals surface area contributed by atoms with Crippen molar-refractivity contribution >= 4 is 18.0 Å². The molecule has 5 heteroatoms. The summed E-state index contributed by atoms with van der Waals surface area (Å²) in [5, 5.41) is 12.4. The number of aliphatic hydroxyl groups is 1. The second kappa shape index (κ2) is 9.79. The van der Waals surface area contributed by atoms with E-state index < -0.39 is 24.0 Å². The SMILES string of the molecule is COC(=O)[C@H](C/C=C/c1ccccc1)NC(=O)[C@H](O)CC(C)C. The summed E-state index contributed by atoms with van der Waals surface area (Å²) in [6, 6.07) is 8.83. The summed E-state index contributed by atoms with van der Waals surface area (Å²) >= 11 is 0. The van der Waals surface area contributed by atoms with Gasteiger partial charge < -0.3 is 15.2 Å². The molecule has 23 heavy (non-hydrogen) atoms. The third-order valence-electron chi connectivity index (χ3n) is 3.28. The molecule has 1 aromatic rings. The van der Waals surface area contributed by atoms with Crippen LogP contribution in [-0.4, -0.2) is 36.2 Å². The molecular weight excluding hydrogens is 294 g/mol. The van der Waals surface area contributed by atoms with Crippen molar-refractivity contribution in [3.8, 4) is 0 Å². The molecule has 0 aromatic heterocycles. The predicted molar refractivity (Wildman–Crippen MR) is 89.5 cm³/mol. The minimum absolute atomic E-state index is 0.185. The van der Waals surface area contributed by atoms with Gasteiger partial charge in [0.1, 0.15) is 12.1 Å². The maximum atomic E-state index is 11.9. The fourth-order valence-corrected chi connectivity index (χ4v) is 2.08. The summed E-state index contributed by atoms with van der Waals surface area (Å²) in [5.74, 6) is -0.902. The van der Waals surface area contributed by atoms with Crippen molar-refractivity contribution in [3.63, 3.8) is 0 Å². The van der Waals surface area contributed by atoms with E-state index in [1.807, 2.05) is 50.3 Å². The molecule has 0 saturated carbocycles. The molecule has 0 unspecified atom stereocenters. The third kappa shape index (κ3) is 7.10. The van der Waals surface area contributed by atoms with Crippen molar-refractivity contribution in [2.75, 3.05) is 7.11 Å². The monoisotopic (exact) mass is 319 g/mol. The molecule has 1 amide bonds. The first-order valence-electron chi connectivity index (χ1n) is 7.72. The zero-order valence-corrected chi connectivity index (χ0v) is 13.9. The Morgan fingerprint density at radius 2 is 1.91 bits per heavy atom. The van der Waals surface area contributed by atoms with Crippen LogP contribution in [0.4, 0.5) is 0 Å². The zero-order chi connectivity index (χ0) is 17.2. The van der Waals surface area contributed by atoms with Crippen LogP contribution in [0.5, 0.6) is 0 Å². The maximum Gasteiger partial charge on any atom is 0.328 e. The van der Waals surface area contributed by atoms with Gasteiger partial charge in [0.2, 0.25) is 5.91 Å². The highest BCUT2D eigenvalue weighted by atomic mass is 16.5. The van der Waals surface area contributed by atoms with Crippen molar-refractivity contribution in [2.24, 2.45) is 5.92 Å². The van der Waals surface area contributed by atoms with Gasteiger partial charge in [-0.2, -0.15) is 0 Å². The van der Waals surface area contributed by atoms with Crippen LogP contribution in [0.3, 0.4) is 0 Å². The summed E-state index contributed by atoms with van der Waals surface area (Å²) in [7, 11) is 1.27. The van der Waals surface area contributed by atoms with Gasteiger partial charge in [-0.3, -0.25) is 4.79 Å². The number of esters is 1. The number of methoxy groups -OCH3 is 1. The summed E-state index contributed by atoms with van der Waals surface area (Å²) in [6.45, 7) is 3.83. The van der Waals surface area contributed by atoms with E-state index in [0.717, 1.165) is 5.56 Å². The highest BCUT2D eigenvalue weighted by molar-refractivity contribution is 5.86. The van der Waals surface area contributed by atoms with Gasteiger partial charge in [0.05, 0.1) is 7.11 Å². The highest BCUT2D eigenvalue weighted by Gasteiger charge is 2.24. The van der Waals surface area contributed by atoms with E-state index in [1.165, 1.54) is 7.11 Å². The predicted octanol–water partition coefficient (Wildman–Crippen LogP) is 2.15. The standard InChI is InChI=1S/C18H25NO4/c1-13(2)12-16(20)17(21)19-15(18(22)23-3)11-7-10-14-8-5-4-6-9-14/h4-10,13,15-16,20H,11-12H2,1-3H3,(H,19,21)/b10-7+/t15-,16+/m0/s1. The molecule has 0 aliphatic heterocycles. The highest BCUT2D eigenvalue weighted by Crippen LogP contribution is 2.07. The Morgan fingerprint density at radius 1 is 1.26 bits per heavy atom. The number of rotatable bonds is 8. The summed E-state index contributed by atoms with van der Waals surface area (Å²) < 4.78 is 4.71. The van der Waals surface area contributed by atoms with Crippen molar-refractivity contribution in [2.45, 2.75) is 38.8 Å². The van der Waals surface area contributed by atoms with Gasteiger partial charge in [0.25, 0.3) is 0 Å². The summed E-state index contributed by atoms with van der Waals surface area (Å²) in [6.07, 6.45) is 3.18. The van der Waals surface area contributed by atoms with E-state index in [-0.39, 0.29) is 5.92 Å². The fourth-order valence-electron chi connectivity index (χ4n) is 2.08. The molecule has 0 fully saturated rings. The van der Waals surface area contributed by atoms with Crippen LogP contribution in [-0.2, 0) is 14.3 Å². The Balaban J connectivity index is 2.64. The van der Waals surface area contributed by atoms with Gasteiger partial charge in [-0.15, -0.1) is 0 Å². The van der Waals surface area contributed by atoms with Gasteiger partial charge in [0, 0.05) is 0 Å². The van der Waals surface area contributed by atoms with Crippen LogP contribution in [0, 0.1) is 5.92 Å². The second-order valence-corrected chi connectivity index (χ2v) is 5.78. The molecule has 126 valence electrons. The molecule has 0 aliphatic carbocycles. The molecule has 0 aliphatic rings. The lowest BCUT2D eigenvalue weighted by atomic mass is 10.0. The quantitative estimate of drug-likeness (QED) is 0.720. The van der Waals surface area contributed by atoms with Gasteiger partial charge in [-0.25, -0.2) is 4.79 Å². The number of ether oxygens (including phenoxy) is 1. The van der Waals surface area contributed by atoms with Crippen molar-refractivity contribution in [1.82, 2.24) is 5.32 Å². The minimum Gasteiger partial charge on any atom is -0.467 e. The van der Waals surface area contributed by atoms with Crippen LogP contribution in [0.2, 0.25) is 0 Å². The molecule has 2 N–H and O–H groups in total. The molecule has 2 atom stereocenters. The number of amides is 1. The van der Waals surface area contributed by atoms with Crippen LogP contribution < -0.4 is 5.32 Å². The minimum atomic E-state index is -1.12. The molecular formula is C18H25NO4. The number of hydrogen-bond acceptors (Lipinski definition) is 4. The molecule has 1 rings (SSSR count). The lowest BCUT2D eigenvalue weighted by Crippen LogP contribution is -2.46. The van der Waals surface area contributed by atoms with Crippen LogP contribution in [0.15, 0.2) is 36.4 Å². The maximum absolute atomic E-state index is 11.9. The zero-order valence-electron chi connectivity index (χ0n) is 13.9. The Hall–Kier alpha value is -2.14. The number of aliphatic hydroxyl groups excluding tert-OH is 1. The average molecular weight is 319 g/mol. The number of carbonyl (C=O) groups excluding carboxylic acids is 2. The van der Waals surface area contributed by atoms with Gasteiger partial charge in [-0.05, 0) is 24.3 Å². The normalized spacial score (nSPS) is 13.8. The Kier molecular flexibility index (Phi) is 8.05. The van der Waals surface area contributed by atoms with Crippen molar-refractivity contribution in [3.05, 3.63) is 42.0 Å². The average Bonchev–Trinajstić information content (AvgIpc) is 2.53. The number of hydrogen-bond donors (Lipinski definition) is 2. The number of benzene rings is 1. The van der Waals surface area contributed by atoms with E-state index in [9.17, 15) is 14.7 Å². The molecule has 0 spiro atoms. The topological polar surface area (TPSA) is 75.6 Å². The van der Waals surface area contributed by atoms with Gasteiger partial charge in [0.15, 0.2) is 0 Å². The Labute approximate surface area is 137 Å². The summed E-state index contributed by atoms with van der Waals surface area (Å²) in [4.78, 5) is 23.7. The van der Waals surface area contributed by atoms with E-state index in [4.69, 9.17) is 4.74 Å². The van der Waals surface area contributed by atoms with Crippen molar-refractivity contribution < 1.29 is 19.4 Å². The van der Waals surface area contributed by atoms with Crippen LogP contribution in [0.1, 0.15) is 32.3 Å². The molecule has 1 aromatic carbocycles. The number of carbonyl (C=O) groups is 2. The van der Waals surface area contributed by atoms with E-state index >= 15 is 0 Å². The molecule has 0 bridgehead atoms. The van der Waals surface area contributed by atoms with Crippen LogP contribution >= 0.6 is 0 Å². The number of nitrogens with one attached hydrogen (secondary N) is 1. The first-order valence-corrected chi connectivity index (χ1v) is 7.72. The van der Waals surface area contributed by atoms with Crippen molar-refractivity contribution in [1.29, 1.82) is 0 Å². The largest absolute Gasteiger partial charge is 0.467 e. The second-order valence-electron chi connectivity index (χ2n) is 5.78. The van der Waals surface area contributed by atoms with Gasteiger partial charge >= 0.3 is 5.97 Å². The van der Waals surface area contributed by atoms with E-state index in [0.29, 0.717) is 12.8 Å².